The number of halogens is 1. The van der Waals surface area contributed by atoms with Gasteiger partial charge in [-0.15, -0.1) is 17.9 Å². The van der Waals surface area contributed by atoms with E-state index in [2.05, 4.69) is 49.3 Å². The highest BCUT2D eigenvalue weighted by molar-refractivity contribution is 7.10. The molecule has 0 radical (unpaired) electrons. The van der Waals surface area contributed by atoms with Gasteiger partial charge in [-0.05, 0) is 65.2 Å². The van der Waals surface area contributed by atoms with Crippen LogP contribution >= 0.6 is 22.9 Å². The first-order valence-corrected chi connectivity index (χ1v) is 13.6. The highest BCUT2D eigenvalue weighted by Gasteiger charge is 2.33. The molecule has 4 rings (SSSR count). The van der Waals surface area contributed by atoms with Crippen molar-refractivity contribution in [2.45, 2.75) is 32.2 Å². The molecule has 2 aromatic carbocycles. The predicted molar refractivity (Wildman–Crippen MR) is 151 cm³/mol. The highest BCUT2D eigenvalue weighted by Crippen LogP contribution is 2.34. The van der Waals surface area contributed by atoms with Crippen molar-refractivity contribution in [2.24, 2.45) is 0 Å². The van der Waals surface area contributed by atoms with Gasteiger partial charge in [0.05, 0.1) is 6.04 Å². The van der Waals surface area contributed by atoms with Crippen LogP contribution in [0.25, 0.3) is 0 Å². The van der Waals surface area contributed by atoms with E-state index in [1.54, 1.807) is 41.7 Å². The zero-order valence-corrected chi connectivity index (χ0v) is 22.7. The van der Waals surface area contributed by atoms with Crippen LogP contribution in [-0.2, 0) is 11.2 Å². The average molecular weight is 538 g/mol. The van der Waals surface area contributed by atoms with Gasteiger partial charge in [0, 0.05) is 28.7 Å². The standard InChI is InChI=1S/C29H32ClN3O3S/c1-4-14-32(29(35)31-23-7-5-6-22(30)17-23)18-28(34)33-15-12-27-25(13-16-37-27)26(33)19-36-24-10-8-21(9-11-24)20(2)3/h4-11,13,16-17,20,26H,1,12,14-15,18-19H2,2-3H3,(H,31,35). The van der Waals surface area contributed by atoms with Crippen molar-refractivity contribution in [3.8, 4) is 5.75 Å². The number of urea groups is 1. The summed E-state index contributed by atoms with van der Waals surface area (Å²) in [6.07, 6.45) is 2.40. The highest BCUT2D eigenvalue weighted by atomic mass is 35.5. The third-order valence-corrected chi connectivity index (χ3v) is 7.64. The van der Waals surface area contributed by atoms with Gasteiger partial charge in [0.25, 0.3) is 0 Å². The van der Waals surface area contributed by atoms with Crippen LogP contribution in [0.5, 0.6) is 5.75 Å². The Kier molecular flexibility index (Phi) is 8.90. The number of ether oxygens (including phenoxy) is 1. The lowest BCUT2D eigenvalue weighted by molar-refractivity contribution is -0.135. The van der Waals surface area contributed by atoms with Crippen molar-refractivity contribution in [1.29, 1.82) is 0 Å². The normalized spacial score (nSPS) is 14.7. The Bertz CT molecular complexity index is 1240. The van der Waals surface area contributed by atoms with Crippen LogP contribution in [0.2, 0.25) is 5.02 Å². The fourth-order valence-electron chi connectivity index (χ4n) is 4.40. The molecule has 1 unspecified atom stereocenters. The molecule has 1 atom stereocenters. The Morgan fingerprint density at radius 1 is 1.24 bits per heavy atom. The van der Waals surface area contributed by atoms with Gasteiger partial charge in [-0.3, -0.25) is 4.79 Å². The topological polar surface area (TPSA) is 61.9 Å². The number of thiophene rings is 1. The monoisotopic (exact) mass is 537 g/mol. The molecule has 6 nitrogen and oxygen atoms in total. The van der Waals surface area contributed by atoms with Gasteiger partial charge in [-0.2, -0.15) is 0 Å². The number of amides is 3. The maximum absolute atomic E-state index is 13.6. The van der Waals surface area contributed by atoms with Gasteiger partial charge >= 0.3 is 6.03 Å². The number of benzene rings is 2. The molecule has 1 aliphatic heterocycles. The van der Waals surface area contributed by atoms with Crippen LogP contribution in [0, 0.1) is 0 Å². The summed E-state index contributed by atoms with van der Waals surface area (Å²) in [7, 11) is 0. The third-order valence-electron chi connectivity index (χ3n) is 6.41. The molecule has 0 aliphatic carbocycles. The molecule has 2 heterocycles. The summed E-state index contributed by atoms with van der Waals surface area (Å²) in [4.78, 5) is 31.1. The smallest absolute Gasteiger partial charge is 0.322 e. The van der Waals surface area contributed by atoms with E-state index in [4.69, 9.17) is 16.3 Å². The molecule has 0 saturated carbocycles. The maximum Gasteiger partial charge on any atom is 0.322 e. The van der Waals surface area contributed by atoms with E-state index in [9.17, 15) is 9.59 Å². The zero-order chi connectivity index (χ0) is 26.4. The molecule has 8 heteroatoms. The number of nitrogens with zero attached hydrogens (tertiary/aromatic N) is 2. The molecule has 0 bridgehead atoms. The zero-order valence-electron chi connectivity index (χ0n) is 21.2. The van der Waals surface area contributed by atoms with E-state index in [-0.39, 0.29) is 31.1 Å². The fourth-order valence-corrected chi connectivity index (χ4v) is 5.52. The van der Waals surface area contributed by atoms with Crippen molar-refractivity contribution in [3.05, 3.63) is 93.7 Å². The summed E-state index contributed by atoms with van der Waals surface area (Å²) in [6, 6.07) is 16.5. The number of nitrogens with one attached hydrogen (secondary N) is 1. The first kappa shape index (κ1) is 26.8. The van der Waals surface area contributed by atoms with E-state index in [1.807, 2.05) is 17.0 Å². The van der Waals surface area contributed by atoms with Gasteiger partial charge in [0.1, 0.15) is 18.9 Å². The van der Waals surface area contributed by atoms with E-state index in [0.717, 1.165) is 17.7 Å². The van der Waals surface area contributed by atoms with Crippen molar-refractivity contribution >= 4 is 40.6 Å². The molecule has 1 aromatic heterocycles. The van der Waals surface area contributed by atoms with Crippen molar-refractivity contribution in [1.82, 2.24) is 9.80 Å². The van der Waals surface area contributed by atoms with Gasteiger partial charge < -0.3 is 19.9 Å². The number of rotatable bonds is 9. The Labute approximate surface area is 227 Å². The van der Waals surface area contributed by atoms with Crippen molar-refractivity contribution in [2.75, 3.05) is 31.6 Å². The van der Waals surface area contributed by atoms with Crippen LogP contribution < -0.4 is 10.1 Å². The predicted octanol–water partition coefficient (Wildman–Crippen LogP) is 6.75. The Morgan fingerprint density at radius 2 is 2.03 bits per heavy atom. The van der Waals surface area contributed by atoms with E-state index in [1.165, 1.54) is 15.3 Å². The van der Waals surface area contributed by atoms with Crippen molar-refractivity contribution < 1.29 is 14.3 Å². The Balaban J connectivity index is 1.47. The number of carbonyl (C=O) groups is 2. The number of carbonyl (C=O) groups excluding carboxylic acids is 2. The molecule has 194 valence electrons. The Morgan fingerprint density at radius 3 is 2.73 bits per heavy atom. The van der Waals surface area contributed by atoms with Crippen molar-refractivity contribution in [3.63, 3.8) is 0 Å². The summed E-state index contributed by atoms with van der Waals surface area (Å²) in [5.41, 5.74) is 2.93. The Hall–Kier alpha value is -3.29. The quantitative estimate of drug-likeness (QED) is 0.307. The summed E-state index contributed by atoms with van der Waals surface area (Å²) in [6.45, 7) is 9.15. The lowest BCUT2D eigenvalue weighted by Crippen LogP contribution is -2.48. The SMILES string of the molecule is C=CCN(CC(=O)N1CCc2sccc2C1COc1ccc(C(C)C)cc1)C(=O)Nc1cccc(Cl)c1. The second-order valence-electron chi connectivity index (χ2n) is 9.30. The molecule has 37 heavy (non-hydrogen) atoms. The molecule has 0 saturated heterocycles. The number of fused-ring (bicyclic) bond motifs is 1. The average Bonchev–Trinajstić information content (AvgIpc) is 3.36. The second-order valence-corrected chi connectivity index (χ2v) is 10.7. The van der Waals surface area contributed by atoms with Gasteiger partial charge in [0.15, 0.2) is 0 Å². The molecule has 1 N–H and O–H groups in total. The number of hydrogen-bond acceptors (Lipinski definition) is 4. The molecular formula is C29H32ClN3O3S. The lowest BCUT2D eigenvalue weighted by atomic mass is 10.00. The first-order valence-electron chi connectivity index (χ1n) is 12.4. The van der Waals surface area contributed by atoms with Crippen LogP contribution in [-0.4, -0.2) is 48.0 Å². The van der Waals surface area contributed by atoms with Gasteiger partial charge in [-0.1, -0.05) is 49.7 Å². The third kappa shape index (κ3) is 6.73. The number of hydrogen-bond donors (Lipinski definition) is 1. The van der Waals surface area contributed by atoms with E-state index >= 15 is 0 Å². The molecular weight excluding hydrogens is 506 g/mol. The maximum atomic E-state index is 13.6. The van der Waals surface area contributed by atoms with Gasteiger partial charge in [0.2, 0.25) is 5.91 Å². The fraction of sp³-hybridized carbons (Fsp3) is 0.310. The first-order chi connectivity index (χ1) is 17.9. The summed E-state index contributed by atoms with van der Waals surface area (Å²) < 4.78 is 6.17. The minimum absolute atomic E-state index is 0.0719. The summed E-state index contributed by atoms with van der Waals surface area (Å²) >= 11 is 7.75. The van der Waals surface area contributed by atoms with Crippen LogP contribution in [0.15, 0.2) is 72.6 Å². The summed E-state index contributed by atoms with van der Waals surface area (Å²) in [5, 5.41) is 5.40. The largest absolute Gasteiger partial charge is 0.491 e. The van der Waals surface area contributed by atoms with E-state index < -0.39 is 0 Å². The minimum Gasteiger partial charge on any atom is -0.491 e. The molecule has 3 aromatic rings. The van der Waals surface area contributed by atoms with Gasteiger partial charge in [-0.25, -0.2) is 4.79 Å². The van der Waals surface area contributed by atoms with Crippen LogP contribution in [0.1, 0.15) is 41.8 Å². The molecule has 1 aliphatic rings. The molecule has 3 amide bonds. The van der Waals surface area contributed by atoms with Crippen LogP contribution in [0.4, 0.5) is 10.5 Å². The van der Waals surface area contributed by atoms with E-state index in [0.29, 0.717) is 29.8 Å². The minimum atomic E-state index is -0.387. The lowest BCUT2D eigenvalue weighted by Gasteiger charge is -2.37. The van der Waals surface area contributed by atoms with Crippen LogP contribution in [0.3, 0.4) is 0 Å². The molecule has 0 fully saturated rings. The number of anilines is 1. The molecule has 0 spiro atoms. The second kappa shape index (κ2) is 12.3. The summed E-state index contributed by atoms with van der Waals surface area (Å²) in [5.74, 6) is 1.08.